The molecule has 0 radical (unpaired) electrons. The second kappa shape index (κ2) is 5.83. The van der Waals surface area contributed by atoms with Gasteiger partial charge < -0.3 is 14.2 Å². The van der Waals surface area contributed by atoms with E-state index in [0.717, 1.165) is 12.8 Å². The van der Waals surface area contributed by atoms with Crippen molar-refractivity contribution in [2.45, 2.75) is 45.3 Å². The van der Waals surface area contributed by atoms with E-state index in [4.69, 9.17) is 14.2 Å². The maximum absolute atomic E-state index is 12.6. The minimum absolute atomic E-state index is 0.0359. The summed E-state index contributed by atoms with van der Waals surface area (Å²) < 4.78 is 17.0. The number of hydrogen-bond acceptors (Lipinski definition) is 4. The van der Waals surface area contributed by atoms with E-state index in [9.17, 15) is 4.79 Å². The summed E-state index contributed by atoms with van der Waals surface area (Å²) in [7, 11) is 1.57. The molecule has 0 fully saturated rings. The molecule has 20 heavy (non-hydrogen) atoms. The van der Waals surface area contributed by atoms with Crippen LogP contribution in [-0.2, 0) is 4.74 Å². The monoisotopic (exact) mass is 278 g/mol. The molecule has 1 atom stereocenters. The second-order valence-electron chi connectivity index (χ2n) is 5.51. The number of unbranched alkanes of at least 4 members (excludes halogenated alkanes) is 1. The van der Waals surface area contributed by atoms with E-state index in [1.165, 1.54) is 0 Å². The van der Waals surface area contributed by atoms with Gasteiger partial charge in [0.1, 0.15) is 5.60 Å². The smallest absolute Gasteiger partial charge is 0.199 e. The Morgan fingerprint density at radius 3 is 2.75 bits per heavy atom. The van der Waals surface area contributed by atoms with Gasteiger partial charge in [0, 0.05) is 6.61 Å². The summed E-state index contributed by atoms with van der Waals surface area (Å²) in [6.45, 7) is 6.40. The topological polar surface area (TPSA) is 44.8 Å². The average Bonchev–Trinajstić information content (AvgIpc) is 2.41. The lowest BCUT2D eigenvalue weighted by Crippen LogP contribution is -2.52. The molecule has 1 aromatic carbocycles. The lowest BCUT2D eigenvalue weighted by molar-refractivity contribution is -0.0638. The zero-order chi connectivity index (χ0) is 14.8. The molecule has 0 N–H and O–H groups in total. The Morgan fingerprint density at radius 1 is 1.35 bits per heavy atom. The first-order chi connectivity index (χ1) is 9.51. The Labute approximate surface area is 120 Å². The number of para-hydroxylation sites is 1. The van der Waals surface area contributed by atoms with E-state index in [1.807, 2.05) is 13.8 Å². The van der Waals surface area contributed by atoms with E-state index >= 15 is 0 Å². The first-order valence-corrected chi connectivity index (χ1v) is 7.03. The van der Waals surface area contributed by atoms with Gasteiger partial charge in [-0.05, 0) is 32.4 Å². The lowest BCUT2D eigenvalue weighted by atomic mass is 9.89. The highest BCUT2D eigenvalue weighted by Crippen LogP contribution is 2.40. The molecule has 1 heterocycles. The van der Waals surface area contributed by atoms with Crippen molar-refractivity contribution in [3.8, 4) is 11.5 Å². The van der Waals surface area contributed by atoms with Gasteiger partial charge in [0.25, 0.3) is 0 Å². The molecule has 0 bridgehead atoms. The fraction of sp³-hybridized carbons (Fsp3) is 0.562. The summed E-state index contributed by atoms with van der Waals surface area (Å²) in [6, 6.07) is 5.34. The largest absolute Gasteiger partial charge is 0.493 e. The van der Waals surface area contributed by atoms with Gasteiger partial charge in [-0.25, -0.2) is 0 Å². The van der Waals surface area contributed by atoms with Crippen molar-refractivity contribution < 1.29 is 19.0 Å². The molecule has 0 saturated heterocycles. The third kappa shape index (κ3) is 2.66. The van der Waals surface area contributed by atoms with E-state index in [2.05, 4.69) is 6.92 Å². The van der Waals surface area contributed by atoms with Crippen LogP contribution in [-0.4, -0.2) is 31.2 Å². The maximum atomic E-state index is 12.6. The zero-order valence-corrected chi connectivity index (χ0v) is 12.6. The van der Waals surface area contributed by atoms with Crippen LogP contribution in [0.25, 0.3) is 0 Å². The molecule has 4 nitrogen and oxygen atoms in total. The Bertz CT molecular complexity index is 493. The van der Waals surface area contributed by atoms with Crippen LogP contribution in [0.3, 0.4) is 0 Å². The number of Topliss-reactive ketones (excluding diaryl/α,β-unsaturated/α-hetero) is 1. The summed E-state index contributed by atoms with van der Waals surface area (Å²) in [5.41, 5.74) is -0.169. The molecule has 1 aromatic rings. The number of carbonyl (C=O) groups is 1. The van der Waals surface area contributed by atoms with Crippen molar-refractivity contribution in [2.24, 2.45) is 0 Å². The second-order valence-corrected chi connectivity index (χ2v) is 5.51. The Kier molecular flexibility index (Phi) is 4.33. The van der Waals surface area contributed by atoms with Gasteiger partial charge in [-0.3, -0.25) is 4.79 Å². The van der Waals surface area contributed by atoms with Crippen molar-refractivity contribution >= 4 is 5.78 Å². The van der Waals surface area contributed by atoms with Gasteiger partial charge in [0.2, 0.25) is 0 Å². The SMILES string of the molecule is CCCCOC1C(=O)c2cccc(OC)c2OC1(C)C. The summed E-state index contributed by atoms with van der Waals surface area (Å²) in [5, 5.41) is 0. The fourth-order valence-corrected chi connectivity index (χ4v) is 2.37. The number of fused-ring (bicyclic) bond motifs is 1. The highest BCUT2D eigenvalue weighted by molar-refractivity contribution is 6.04. The quantitative estimate of drug-likeness (QED) is 0.776. The standard InChI is InChI=1S/C16H22O4/c1-5-6-10-19-15-13(17)11-8-7-9-12(18-4)14(11)20-16(15,2)3/h7-9,15H,5-6,10H2,1-4H3. The third-order valence-electron chi connectivity index (χ3n) is 3.48. The molecule has 1 aliphatic rings. The van der Waals surface area contributed by atoms with E-state index < -0.39 is 11.7 Å². The fourth-order valence-electron chi connectivity index (χ4n) is 2.37. The molecular formula is C16H22O4. The Morgan fingerprint density at radius 2 is 2.10 bits per heavy atom. The van der Waals surface area contributed by atoms with Crippen LogP contribution in [0.4, 0.5) is 0 Å². The number of benzene rings is 1. The first kappa shape index (κ1) is 14.9. The maximum Gasteiger partial charge on any atom is 0.199 e. The average molecular weight is 278 g/mol. The molecule has 1 unspecified atom stereocenters. The van der Waals surface area contributed by atoms with Gasteiger partial charge in [-0.15, -0.1) is 0 Å². The predicted octanol–water partition coefficient (Wildman–Crippen LogP) is 3.23. The summed E-state index contributed by atoms with van der Waals surface area (Å²) in [5.74, 6) is 1.06. The van der Waals surface area contributed by atoms with Crippen LogP contribution >= 0.6 is 0 Å². The highest BCUT2D eigenvalue weighted by Gasteiger charge is 2.45. The first-order valence-electron chi connectivity index (χ1n) is 7.03. The molecule has 110 valence electrons. The molecular weight excluding hydrogens is 256 g/mol. The van der Waals surface area contributed by atoms with Gasteiger partial charge in [-0.1, -0.05) is 19.4 Å². The summed E-state index contributed by atoms with van der Waals surface area (Å²) in [6.07, 6.45) is 1.39. The number of methoxy groups -OCH3 is 1. The van der Waals surface area contributed by atoms with Crippen molar-refractivity contribution in [2.75, 3.05) is 13.7 Å². The van der Waals surface area contributed by atoms with Crippen LogP contribution in [0, 0.1) is 0 Å². The van der Waals surface area contributed by atoms with Gasteiger partial charge in [0.15, 0.2) is 23.4 Å². The molecule has 1 aliphatic heterocycles. The molecule has 4 heteroatoms. The summed E-state index contributed by atoms with van der Waals surface area (Å²) >= 11 is 0. The lowest BCUT2D eigenvalue weighted by Gasteiger charge is -2.38. The van der Waals surface area contributed by atoms with Crippen molar-refractivity contribution in [3.63, 3.8) is 0 Å². The molecule has 2 rings (SSSR count). The van der Waals surface area contributed by atoms with E-state index in [0.29, 0.717) is 23.7 Å². The van der Waals surface area contributed by atoms with Crippen LogP contribution in [0.15, 0.2) is 18.2 Å². The minimum atomic E-state index is -0.702. The number of ketones is 1. The van der Waals surface area contributed by atoms with Crippen molar-refractivity contribution in [1.82, 2.24) is 0 Å². The van der Waals surface area contributed by atoms with Gasteiger partial charge in [0.05, 0.1) is 12.7 Å². The number of ether oxygens (including phenoxy) is 3. The van der Waals surface area contributed by atoms with Gasteiger partial charge >= 0.3 is 0 Å². The molecule has 0 aliphatic carbocycles. The molecule has 0 amide bonds. The summed E-state index contributed by atoms with van der Waals surface area (Å²) in [4.78, 5) is 12.6. The Balaban J connectivity index is 2.32. The van der Waals surface area contributed by atoms with E-state index in [1.54, 1.807) is 25.3 Å². The van der Waals surface area contributed by atoms with Crippen LogP contribution in [0.1, 0.15) is 44.0 Å². The van der Waals surface area contributed by atoms with E-state index in [-0.39, 0.29) is 5.78 Å². The number of rotatable bonds is 5. The third-order valence-corrected chi connectivity index (χ3v) is 3.48. The molecule has 0 spiro atoms. The predicted molar refractivity (Wildman–Crippen MR) is 76.7 cm³/mol. The molecule has 0 saturated carbocycles. The van der Waals surface area contributed by atoms with Crippen LogP contribution in [0.2, 0.25) is 0 Å². The van der Waals surface area contributed by atoms with Crippen LogP contribution in [0.5, 0.6) is 11.5 Å². The number of carbonyl (C=O) groups excluding carboxylic acids is 1. The molecule has 0 aromatic heterocycles. The highest BCUT2D eigenvalue weighted by atomic mass is 16.6. The van der Waals surface area contributed by atoms with Crippen LogP contribution < -0.4 is 9.47 Å². The van der Waals surface area contributed by atoms with Crippen molar-refractivity contribution in [1.29, 1.82) is 0 Å². The number of hydrogen-bond donors (Lipinski definition) is 0. The zero-order valence-electron chi connectivity index (χ0n) is 12.6. The van der Waals surface area contributed by atoms with Crippen molar-refractivity contribution in [3.05, 3.63) is 23.8 Å². The van der Waals surface area contributed by atoms with Gasteiger partial charge in [-0.2, -0.15) is 0 Å². The Hall–Kier alpha value is -1.55. The normalized spacial score (nSPS) is 20.2. The minimum Gasteiger partial charge on any atom is -0.493 e.